The van der Waals surface area contributed by atoms with Gasteiger partial charge in [-0.1, -0.05) is 10.9 Å². The molecule has 0 amide bonds. The van der Waals surface area contributed by atoms with Gasteiger partial charge >= 0.3 is 0 Å². The third kappa shape index (κ3) is 1.56. The Bertz CT molecular complexity index is 275. The summed E-state index contributed by atoms with van der Waals surface area (Å²) in [7, 11) is 21.8. The quantitative estimate of drug-likeness (QED) is 0.319. The number of halogens is 1. The second-order valence-corrected chi connectivity index (χ2v) is 2.78. The van der Waals surface area contributed by atoms with E-state index in [2.05, 4.69) is 20.9 Å². The predicted molar refractivity (Wildman–Crippen MR) is 53.5 cm³/mol. The number of nitrogens with zero attached hydrogens (tertiary/aromatic N) is 1. The summed E-state index contributed by atoms with van der Waals surface area (Å²) in [5.74, 6) is 0. The van der Waals surface area contributed by atoms with Gasteiger partial charge in [0.15, 0.2) is 0 Å². The lowest BCUT2D eigenvalue weighted by atomic mass is 9.70. The van der Waals surface area contributed by atoms with Crippen molar-refractivity contribution in [1.29, 1.82) is 0 Å². The summed E-state index contributed by atoms with van der Waals surface area (Å²) in [4.78, 5) is 3.80. The third-order valence-corrected chi connectivity index (χ3v) is 1.90. The molecule has 0 aliphatic carbocycles. The molecule has 1 rings (SSSR count). The zero-order chi connectivity index (χ0) is 8.59. The van der Waals surface area contributed by atoms with Crippen LogP contribution in [-0.4, -0.2) is 36.4 Å². The Hall–Kier alpha value is -0.110. The van der Waals surface area contributed by atoms with E-state index in [9.17, 15) is 0 Å². The highest BCUT2D eigenvalue weighted by Gasteiger charge is 2.03. The topological polar surface area (TPSA) is 12.9 Å². The molecule has 0 saturated carbocycles. The van der Waals surface area contributed by atoms with E-state index in [0.717, 1.165) is 0 Å². The van der Waals surface area contributed by atoms with Crippen molar-refractivity contribution < 1.29 is 0 Å². The van der Waals surface area contributed by atoms with Gasteiger partial charge in [-0.2, -0.15) is 0 Å². The van der Waals surface area contributed by atoms with Crippen molar-refractivity contribution >= 4 is 69.3 Å². The van der Waals surface area contributed by atoms with E-state index < -0.39 is 0 Å². The molecular formula is C5B4BrN. The first kappa shape index (κ1) is 8.98. The molecule has 8 radical (unpaired) electrons. The zero-order valence-electron chi connectivity index (χ0n) is 5.63. The molecule has 0 atom stereocenters. The van der Waals surface area contributed by atoms with Crippen molar-refractivity contribution in [2.45, 2.75) is 0 Å². The summed E-state index contributed by atoms with van der Waals surface area (Å²) in [5, 5.41) is 0. The SMILES string of the molecule is [B]c1nc(Br)c([B])c([B])c1[B]. The summed E-state index contributed by atoms with van der Waals surface area (Å²) in [6.45, 7) is 0. The maximum absolute atomic E-state index is 5.48. The normalized spacial score (nSPS) is 9.91. The van der Waals surface area contributed by atoms with Gasteiger partial charge in [0.1, 0.15) is 31.4 Å². The van der Waals surface area contributed by atoms with Gasteiger partial charge in [0.25, 0.3) is 0 Å². The van der Waals surface area contributed by atoms with Crippen LogP contribution in [0.25, 0.3) is 0 Å². The largest absolute Gasteiger partial charge is 0.259 e. The molecule has 44 valence electrons. The molecule has 11 heavy (non-hydrogen) atoms. The summed E-state index contributed by atoms with van der Waals surface area (Å²) >= 11 is 3.08. The van der Waals surface area contributed by atoms with Crippen LogP contribution in [-0.2, 0) is 0 Å². The summed E-state index contributed by atoms with van der Waals surface area (Å²) in [5.41, 5.74) is 0.996. The standard InChI is InChI=1S/C5B4BrN/c6-1-2(7)4(9)11-5(10)3(1)8. The van der Waals surface area contributed by atoms with Gasteiger partial charge in [-0.05, 0) is 21.5 Å². The van der Waals surface area contributed by atoms with Crippen LogP contribution in [0.2, 0.25) is 0 Å². The second-order valence-electron chi connectivity index (χ2n) is 2.03. The van der Waals surface area contributed by atoms with Crippen molar-refractivity contribution in [1.82, 2.24) is 4.98 Å². The minimum Gasteiger partial charge on any atom is -0.259 e. The Morgan fingerprint density at radius 2 is 1.45 bits per heavy atom. The lowest BCUT2D eigenvalue weighted by molar-refractivity contribution is 1.38. The van der Waals surface area contributed by atoms with Crippen molar-refractivity contribution in [3.8, 4) is 0 Å². The Kier molecular flexibility index (Phi) is 2.53. The molecule has 0 aromatic carbocycles. The highest BCUT2D eigenvalue weighted by molar-refractivity contribution is 9.10. The predicted octanol–water partition coefficient (Wildman–Crippen LogP) is -2.98. The molecular weight excluding hydrogens is 197 g/mol. The van der Waals surface area contributed by atoms with Crippen molar-refractivity contribution in [2.24, 2.45) is 0 Å². The Morgan fingerprint density at radius 1 is 0.909 bits per heavy atom. The molecule has 0 aliphatic rings. The van der Waals surface area contributed by atoms with Gasteiger partial charge in [-0.15, -0.1) is 5.46 Å². The van der Waals surface area contributed by atoms with E-state index in [4.69, 9.17) is 31.4 Å². The summed E-state index contributed by atoms with van der Waals surface area (Å²) < 4.78 is 0.418. The van der Waals surface area contributed by atoms with E-state index in [1.807, 2.05) is 0 Å². The molecule has 0 unspecified atom stereocenters. The van der Waals surface area contributed by atoms with E-state index in [1.165, 1.54) is 0 Å². The Morgan fingerprint density at radius 3 is 2.00 bits per heavy atom. The number of hydrogen-bond donors (Lipinski definition) is 0. The average Bonchev–Trinajstić information content (AvgIpc) is 1.97. The number of hydrogen-bond acceptors (Lipinski definition) is 1. The maximum atomic E-state index is 5.48. The van der Waals surface area contributed by atoms with Crippen molar-refractivity contribution in [3.63, 3.8) is 0 Å². The first-order chi connectivity index (χ1) is 5.04. The maximum Gasteiger partial charge on any atom is 0.140 e. The lowest BCUT2D eigenvalue weighted by Crippen LogP contribution is -2.49. The zero-order valence-corrected chi connectivity index (χ0v) is 7.22. The fraction of sp³-hybridized carbons (Fsp3) is 0. The number of pyridine rings is 1. The van der Waals surface area contributed by atoms with Crippen LogP contribution in [0.5, 0.6) is 0 Å². The second kappa shape index (κ2) is 3.10. The van der Waals surface area contributed by atoms with Crippen LogP contribution >= 0.6 is 15.9 Å². The average molecular weight is 197 g/mol. The molecule has 0 bridgehead atoms. The van der Waals surface area contributed by atoms with E-state index in [0.29, 0.717) is 10.1 Å². The van der Waals surface area contributed by atoms with Gasteiger partial charge < -0.3 is 0 Å². The Balaban J connectivity index is 3.46. The van der Waals surface area contributed by atoms with Gasteiger partial charge in [-0.25, -0.2) is 0 Å². The minimum absolute atomic E-state index is 0.184. The van der Waals surface area contributed by atoms with Crippen LogP contribution < -0.4 is 22.0 Å². The van der Waals surface area contributed by atoms with Crippen LogP contribution in [0.4, 0.5) is 0 Å². The van der Waals surface area contributed by atoms with Crippen molar-refractivity contribution in [2.75, 3.05) is 0 Å². The van der Waals surface area contributed by atoms with Gasteiger partial charge in [0, 0.05) is 0 Å². The van der Waals surface area contributed by atoms with Gasteiger partial charge in [-0.3, -0.25) is 4.98 Å². The molecule has 0 saturated heterocycles. The van der Waals surface area contributed by atoms with Gasteiger partial charge in [0.05, 0.1) is 4.60 Å². The van der Waals surface area contributed by atoms with Crippen LogP contribution in [0.15, 0.2) is 4.60 Å². The molecule has 6 heteroatoms. The fourth-order valence-corrected chi connectivity index (χ4v) is 1.03. The first-order valence-electron chi connectivity index (χ1n) is 2.79. The number of rotatable bonds is 0. The van der Waals surface area contributed by atoms with Gasteiger partial charge in [0.2, 0.25) is 0 Å². The third-order valence-electron chi connectivity index (χ3n) is 1.30. The molecule has 0 aliphatic heterocycles. The number of aromatic nitrogens is 1. The smallest absolute Gasteiger partial charge is 0.140 e. The van der Waals surface area contributed by atoms with Crippen molar-refractivity contribution in [3.05, 3.63) is 4.60 Å². The highest BCUT2D eigenvalue weighted by Crippen LogP contribution is 1.93. The monoisotopic (exact) mass is 197 g/mol. The van der Waals surface area contributed by atoms with E-state index in [1.54, 1.807) is 0 Å². The highest BCUT2D eigenvalue weighted by atomic mass is 79.9. The summed E-state index contributed by atoms with van der Waals surface area (Å²) in [6, 6.07) is 0. The van der Waals surface area contributed by atoms with E-state index >= 15 is 0 Å². The molecule has 1 aromatic heterocycles. The first-order valence-corrected chi connectivity index (χ1v) is 3.58. The molecule has 0 spiro atoms. The molecule has 1 heterocycles. The lowest BCUT2D eigenvalue weighted by Gasteiger charge is -2.10. The molecule has 1 nitrogen and oxygen atoms in total. The summed E-state index contributed by atoms with van der Waals surface area (Å²) in [6.07, 6.45) is 0. The van der Waals surface area contributed by atoms with E-state index in [-0.39, 0.29) is 16.5 Å². The molecule has 1 aromatic rings. The van der Waals surface area contributed by atoms with Crippen LogP contribution in [0, 0.1) is 0 Å². The van der Waals surface area contributed by atoms with Crippen LogP contribution in [0.1, 0.15) is 0 Å². The molecule has 0 N–H and O–H groups in total. The fourth-order valence-electron chi connectivity index (χ4n) is 0.620. The minimum atomic E-state index is 0.184. The molecule has 0 fully saturated rings. The Labute approximate surface area is 79.1 Å². The van der Waals surface area contributed by atoms with Crippen LogP contribution in [0.3, 0.4) is 0 Å².